The highest BCUT2D eigenvalue weighted by atomic mass is 32.1. The molecule has 8 heteroatoms. The molecule has 2 aromatic rings. The van der Waals surface area contributed by atoms with Crippen LogP contribution in [-0.4, -0.2) is 68.7 Å². The molecule has 32 heavy (non-hydrogen) atoms. The van der Waals surface area contributed by atoms with Crippen molar-refractivity contribution in [2.45, 2.75) is 26.3 Å². The van der Waals surface area contributed by atoms with Crippen LogP contribution in [0.4, 0.5) is 0 Å². The quantitative estimate of drug-likeness (QED) is 0.544. The minimum atomic E-state index is -0.206. The van der Waals surface area contributed by atoms with Crippen LogP contribution in [0.25, 0.3) is 0 Å². The van der Waals surface area contributed by atoms with Crippen molar-refractivity contribution >= 4 is 23.2 Å². The van der Waals surface area contributed by atoms with Crippen molar-refractivity contribution in [1.29, 1.82) is 0 Å². The van der Waals surface area contributed by atoms with Gasteiger partial charge in [0.1, 0.15) is 18.1 Å². The summed E-state index contributed by atoms with van der Waals surface area (Å²) in [4.78, 5) is 30.7. The maximum atomic E-state index is 13.4. The number of ether oxygens (including phenoxy) is 3. The van der Waals surface area contributed by atoms with E-state index in [9.17, 15) is 9.59 Å². The molecule has 0 fully saturated rings. The molecule has 0 spiro atoms. The van der Waals surface area contributed by atoms with Gasteiger partial charge in [0.2, 0.25) is 11.8 Å². The predicted octanol–water partition coefficient (Wildman–Crippen LogP) is 3.39. The smallest absolute Gasteiger partial charge is 0.242 e. The highest BCUT2D eigenvalue weighted by Crippen LogP contribution is 2.34. The largest absolute Gasteiger partial charge is 0.497 e. The molecule has 1 aliphatic rings. The van der Waals surface area contributed by atoms with E-state index >= 15 is 0 Å². The van der Waals surface area contributed by atoms with Gasteiger partial charge < -0.3 is 24.0 Å². The lowest BCUT2D eigenvalue weighted by atomic mass is 10.0. The number of hydrogen-bond donors (Lipinski definition) is 0. The molecule has 0 saturated heterocycles. The van der Waals surface area contributed by atoms with Gasteiger partial charge in [-0.05, 0) is 35.6 Å². The van der Waals surface area contributed by atoms with E-state index in [1.165, 1.54) is 4.88 Å². The number of carbonyl (C=O) groups is 2. The molecule has 3 rings (SSSR count). The normalized spacial score (nSPS) is 15.4. The first-order chi connectivity index (χ1) is 15.4. The van der Waals surface area contributed by atoms with Gasteiger partial charge in [-0.1, -0.05) is 19.9 Å². The van der Waals surface area contributed by atoms with Gasteiger partial charge in [0.05, 0.1) is 26.3 Å². The van der Waals surface area contributed by atoms with E-state index < -0.39 is 0 Å². The fourth-order valence-corrected chi connectivity index (χ4v) is 4.76. The molecular weight excluding hydrogens is 428 g/mol. The van der Waals surface area contributed by atoms with Gasteiger partial charge in [0, 0.05) is 37.1 Å². The third-order valence-corrected chi connectivity index (χ3v) is 6.56. The molecule has 1 aromatic heterocycles. The Morgan fingerprint density at radius 2 is 2.00 bits per heavy atom. The van der Waals surface area contributed by atoms with Gasteiger partial charge in [-0.3, -0.25) is 9.59 Å². The molecule has 2 amide bonds. The Labute approximate surface area is 193 Å². The van der Waals surface area contributed by atoms with Crippen LogP contribution in [0.15, 0.2) is 35.7 Å². The molecule has 1 atom stereocenters. The van der Waals surface area contributed by atoms with Gasteiger partial charge in [0.15, 0.2) is 0 Å². The summed E-state index contributed by atoms with van der Waals surface area (Å²) >= 11 is 1.71. The first kappa shape index (κ1) is 24.1. The Bertz CT molecular complexity index is 913. The van der Waals surface area contributed by atoms with Crippen LogP contribution in [0, 0.1) is 5.92 Å². The van der Waals surface area contributed by atoms with Gasteiger partial charge in [-0.25, -0.2) is 0 Å². The van der Waals surface area contributed by atoms with Gasteiger partial charge >= 0.3 is 0 Å². The van der Waals surface area contributed by atoms with Crippen molar-refractivity contribution < 1.29 is 23.8 Å². The summed E-state index contributed by atoms with van der Waals surface area (Å²) in [5, 5.41) is 2.06. The van der Waals surface area contributed by atoms with Crippen LogP contribution < -0.4 is 9.47 Å². The van der Waals surface area contributed by atoms with E-state index in [2.05, 4.69) is 11.4 Å². The second-order valence-electron chi connectivity index (χ2n) is 8.05. The van der Waals surface area contributed by atoms with Crippen molar-refractivity contribution in [1.82, 2.24) is 9.80 Å². The average molecular weight is 461 g/mol. The van der Waals surface area contributed by atoms with E-state index in [4.69, 9.17) is 14.2 Å². The Morgan fingerprint density at radius 1 is 1.22 bits per heavy atom. The highest BCUT2D eigenvalue weighted by Gasteiger charge is 2.33. The van der Waals surface area contributed by atoms with Gasteiger partial charge in [-0.2, -0.15) is 0 Å². The van der Waals surface area contributed by atoms with Gasteiger partial charge in [0.25, 0.3) is 0 Å². The molecule has 1 aromatic carbocycles. The lowest BCUT2D eigenvalue weighted by Crippen LogP contribution is -2.49. The maximum Gasteiger partial charge on any atom is 0.242 e. The van der Waals surface area contributed by atoms with E-state index in [1.807, 2.05) is 43.0 Å². The third-order valence-electron chi connectivity index (χ3n) is 5.56. The van der Waals surface area contributed by atoms with Crippen LogP contribution in [0.3, 0.4) is 0 Å². The van der Waals surface area contributed by atoms with E-state index in [-0.39, 0.29) is 30.3 Å². The fraction of sp³-hybridized carbons (Fsp3) is 0.500. The van der Waals surface area contributed by atoms with Gasteiger partial charge in [-0.15, -0.1) is 11.3 Å². The molecule has 0 radical (unpaired) electrons. The van der Waals surface area contributed by atoms with E-state index in [0.29, 0.717) is 32.1 Å². The second-order valence-corrected chi connectivity index (χ2v) is 9.05. The first-order valence-electron chi connectivity index (χ1n) is 10.8. The molecule has 0 N–H and O–H groups in total. The van der Waals surface area contributed by atoms with Crippen molar-refractivity contribution in [3.63, 3.8) is 0 Å². The summed E-state index contributed by atoms with van der Waals surface area (Å²) in [5.74, 6) is 1.10. The summed E-state index contributed by atoms with van der Waals surface area (Å²) < 4.78 is 16.5. The number of thiophene rings is 1. The van der Waals surface area contributed by atoms with Crippen molar-refractivity contribution in [3.05, 3.63) is 46.2 Å². The lowest BCUT2D eigenvalue weighted by Gasteiger charge is -2.37. The number of nitrogens with zero attached hydrogens (tertiary/aromatic N) is 2. The zero-order chi connectivity index (χ0) is 23.1. The minimum Gasteiger partial charge on any atom is -0.497 e. The van der Waals surface area contributed by atoms with Crippen LogP contribution in [-0.2, 0) is 20.7 Å². The van der Waals surface area contributed by atoms with Crippen molar-refractivity contribution in [2.24, 2.45) is 5.92 Å². The van der Waals surface area contributed by atoms with Crippen molar-refractivity contribution in [3.8, 4) is 11.5 Å². The molecule has 174 valence electrons. The fourth-order valence-electron chi connectivity index (χ4n) is 3.83. The second kappa shape index (κ2) is 11.3. The predicted molar refractivity (Wildman–Crippen MR) is 124 cm³/mol. The zero-order valence-electron chi connectivity index (χ0n) is 19.2. The van der Waals surface area contributed by atoms with Crippen LogP contribution in [0.5, 0.6) is 11.5 Å². The lowest BCUT2D eigenvalue weighted by molar-refractivity contribution is -0.144. The summed E-state index contributed by atoms with van der Waals surface area (Å²) in [6.07, 6.45) is 0.810. The van der Waals surface area contributed by atoms with Crippen LogP contribution in [0.1, 0.15) is 30.3 Å². The SMILES string of the molecule is COCCN(CC(=O)N1CCc2sccc2[C@@H]1COc1cccc(OC)c1)C(=O)C(C)C. The molecule has 0 aliphatic carbocycles. The van der Waals surface area contributed by atoms with E-state index in [0.717, 1.165) is 17.7 Å². The Kier molecular flexibility index (Phi) is 8.53. The minimum absolute atomic E-state index is 0.0372. The summed E-state index contributed by atoms with van der Waals surface area (Å²) in [6.45, 7) is 5.44. The number of fused-ring (bicyclic) bond motifs is 1. The number of benzene rings is 1. The molecule has 0 bridgehead atoms. The molecular formula is C24H32N2O5S. The molecule has 0 saturated carbocycles. The van der Waals surface area contributed by atoms with Crippen LogP contribution in [0.2, 0.25) is 0 Å². The van der Waals surface area contributed by atoms with E-state index in [1.54, 1.807) is 30.5 Å². The number of carbonyl (C=O) groups excluding carboxylic acids is 2. The maximum absolute atomic E-state index is 13.4. The Morgan fingerprint density at radius 3 is 2.72 bits per heavy atom. The molecule has 7 nitrogen and oxygen atoms in total. The standard InChI is InChI=1S/C24H32N2O5S/c1-17(2)24(28)25(11-12-29-3)15-23(27)26-10-8-22-20(9-13-32-22)21(26)16-31-19-7-5-6-18(14-19)30-4/h5-7,9,13-14,17,21H,8,10-12,15-16H2,1-4H3/t21-/m0/s1. The van der Waals surface area contributed by atoms with Crippen LogP contribution >= 0.6 is 11.3 Å². The average Bonchev–Trinajstić information content (AvgIpc) is 3.28. The summed E-state index contributed by atoms with van der Waals surface area (Å²) in [6, 6.07) is 9.31. The van der Waals surface area contributed by atoms with Crippen molar-refractivity contribution in [2.75, 3.05) is 47.1 Å². The number of methoxy groups -OCH3 is 2. The third kappa shape index (κ3) is 5.81. The molecule has 2 heterocycles. The number of amides is 2. The first-order valence-corrected chi connectivity index (χ1v) is 11.7. The summed E-state index contributed by atoms with van der Waals surface area (Å²) in [5.41, 5.74) is 1.12. The Hall–Kier alpha value is -2.58. The number of rotatable bonds is 10. The highest BCUT2D eigenvalue weighted by molar-refractivity contribution is 7.10. The number of hydrogen-bond acceptors (Lipinski definition) is 6. The topological polar surface area (TPSA) is 68.3 Å². The monoisotopic (exact) mass is 460 g/mol. The molecule has 1 aliphatic heterocycles. The Balaban J connectivity index is 1.76. The summed E-state index contributed by atoms with van der Waals surface area (Å²) in [7, 11) is 3.21. The molecule has 0 unspecified atom stereocenters. The zero-order valence-corrected chi connectivity index (χ0v) is 20.0.